The molecule has 0 atom stereocenters. The van der Waals surface area contributed by atoms with E-state index < -0.39 is 0 Å². The Morgan fingerprint density at radius 3 is 2.24 bits per heavy atom. The molecule has 5 nitrogen and oxygen atoms in total. The van der Waals surface area contributed by atoms with Crippen LogP contribution in [0.4, 0.5) is 0 Å². The quantitative estimate of drug-likeness (QED) is 0.305. The van der Waals surface area contributed by atoms with Crippen LogP contribution in [0.3, 0.4) is 0 Å². The number of aromatic amines is 1. The Bertz CT molecular complexity index is 1400. The third kappa shape index (κ3) is 5.10. The van der Waals surface area contributed by atoms with Crippen molar-refractivity contribution < 1.29 is 9.53 Å². The van der Waals surface area contributed by atoms with Crippen molar-refractivity contribution in [2.75, 3.05) is 0 Å². The van der Waals surface area contributed by atoms with E-state index in [2.05, 4.69) is 15.2 Å². The zero-order chi connectivity index (χ0) is 23.2. The summed E-state index contributed by atoms with van der Waals surface area (Å²) in [6, 6.07) is 29.3. The van der Waals surface area contributed by atoms with Gasteiger partial charge in [-0.25, -0.2) is 0 Å². The van der Waals surface area contributed by atoms with Crippen molar-refractivity contribution in [2.45, 2.75) is 12.8 Å². The molecular formula is C29H23N3O2. The van der Waals surface area contributed by atoms with Crippen molar-refractivity contribution in [2.24, 2.45) is 0 Å². The molecule has 2 heterocycles. The van der Waals surface area contributed by atoms with Crippen LogP contribution in [-0.4, -0.2) is 21.0 Å². The summed E-state index contributed by atoms with van der Waals surface area (Å²) in [4.78, 5) is 17.0. The first-order chi connectivity index (χ1) is 16.7. The summed E-state index contributed by atoms with van der Waals surface area (Å²) in [5, 5.41) is 7.33. The van der Waals surface area contributed by atoms with Crippen molar-refractivity contribution in [3.63, 3.8) is 0 Å². The smallest absolute Gasteiger partial charge is 0.141 e. The first-order valence-electron chi connectivity index (χ1n) is 11.1. The Hall–Kier alpha value is -4.51. The van der Waals surface area contributed by atoms with Crippen LogP contribution in [0.5, 0.6) is 11.5 Å². The average Bonchev–Trinajstić information content (AvgIpc) is 3.36. The van der Waals surface area contributed by atoms with Gasteiger partial charge in [-0.2, -0.15) is 5.10 Å². The standard InChI is InChI=1S/C29H23N3O2/c33-25(18-22-7-5-11-27(19-22)34-26-9-2-1-3-10-26)17-21-6-4-8-24(16-21)29-28(20-31-32-29)23-12-14-30-15-13-23/h1-16,19-20H,17-18H2,(H,31,32). The Morgan fingerprint density at radius 2 is 1.44 bits per heavy atom. The second-order valence-electron chi connectivity index (χ2n) is 8.05. The number of H-pyrrole nitrogens is 1. The molecule has 0 aliphatic carbocycles. The van der Waals surface area contributed by atoms with Gasteiger partial charge >= 0.3 is 0 Å². The first-order valence-corrected chi connectivity index (χ1v) is 11.1. The van der Waals surface area contributed by atoms with E-state index in [0.29, 0.717) is 12.8 Å². The number of hydrogen-bond donors (Lipinski definition) is 1. The summed E-state index contributed by atoms with van der Waals surface area (Å²) < 4.78 is 5.90. The van der Waals surface area contributed by atoms with E-state index in [1.165, 1.54) is 0 Å². The van der Waals surface area contributed by atoms with E-state index in [4.69, 9.17) is 4.74 Å². The number of pyridine rings is 1. The lowest BCUT2D eigenvalue weighted by Gasteiger charge is -2.08. The number of nitrogens with one attached hydrogen (secondary N) is 1. The number of nitrogens with zero attached hydrogens (tertiary/aromatic N) is 2. The minimum absolute atomic E-state index is 0.146. The third-order valence-electron chi connectivity index (χ3n) is 5.53. The van der Waals surface area contributed by atoms with Crippen LogP contribution in [0, 0.1) is 0 Å². The summed E-state index contributed by atoms with van der Waals surface area (Å²) in [6.07, 6.45) is 6.05. The Morgan fingerprint density at radius 1 is 0.735 bits per heavy atom. The van der Waals surface area contributed by atoms with Crippen LogP contribution in [0.25, 0.3) is 22.4 Å². The van der Waals surface area contributed by atoms with Crippen LogP contribution < -0.4 is 4.74 Å². The molecule has 5 rings (SSSR count). The second-order valence-corrected chi connectivity index (χ2v) is 8.05. The number of Topliss-reactive ketones (excluding diaryl/α,β-unsaturated/α-hetero) is 1. The van der Waals surface area contributed by atoms with Gasteiger partial charge in [-0.1, -0.05) is 48.5 Å². The monoisotopic (exact) mass is 445 g/mol. The predicted molar refractivity (Wildman–Crippen MR) is 133 cm³/mol. The van der Waals surface area contributed by atoms with Gasteiger partial charge in [0.2, 0.25) is 0 Å². The van der Waals surface area contributed by atoms with Crippen molar-refractivity contribution in [1.82, 2.24) is 15.2 Å². The third-order valence-corrected chi connectivity index (χ3v) is 5.53. The Balaban J connectivity index is 1.28. The van der Waals surface area contributed by atoms with Crippen molar-refractivity contribution in [3.05, 3.63) is 121 Å². The molecule has 1 N–H and O–H groups in total. The summed E-state index contributed by atoms with van der Waals surface area (Å²) in [7, 11) is 0. The molecular weight excluding hydrogens is 422 g/mol. The van der Waals surface area contributed by atoms with E-state index in [-0.39, 0.29) is 5.78 Å². The summed E-state index contributed by atoms with van der Waals surface area (Å²) in [6.45, 7) is 0. The molecule has 0 aliphatic heterocycles. The highest BCUT2D eigenvalue weighted by Gasteiger charge is 2.12. The fourth-order valence-electron chi connectivity index (χ4n) is 3.95. The molecule has 0 spiro atoms. The molecule has 2 aromatic heterocycles. The van der Waals surface area contributed by atoms with Crippen molar-refractivity contribution >= 4 is 5.78 Å². The largest absolute Gasteiger partial charge is 0.457 e. The Kier molecular flexibility index (Phi) is 6.25. The molecule has 0 saturated carbocycles. The molecule has 0 unspecified atom stereocenters. The molecule has 0 saturated heterocycles. The van der Waals surface area contributed by atoms with Crippen molar-refractivity contribution in [1.29, 1.82) is 0 Å². The highest BCUT2D eigenvalue weighted by atomic mass is 16.5. The lowest BCUT2D eigenvalue weighted by molar-refractivity contribution is -0.117. The van der Waals surface area contributed by atoms with Gasteiger partial charge in [-0.05, 0) is 59.2 Å². The van der Waals surface area contributed by atoms with Crippen molar-refractivity contribution in [3.8, 4) is 33.9 Å². The van der Waals surface area contributed by atoms with Gasteiger partial charge in [-0.3, -0.25) is 14.9 Å². The summed E-state index contributed by atoms with van der Waals surface area (Å²) in [5.41, 5.74) is 5.86. The van der Waals surface area contributed by atoms with Gasteiger partial charge in [0.05, 0.1) is 11.9 Å². The fourth-order valence-corrected chi connectivity index (χ4v) is 3.95. The molecule has 0 fully saturated rings. The minimum Gasteiger partial charge on any atom is -0.457 e. The van der Waals surface area contributed by atoms with E-state index in [1.807, 2.05) is 97.2 Å². The number of aromatic nitrogens is 3. The number of hydrogen-bond acceptors (Lipinski definition) is 4. The van der Waals surface area contributed by atoms with Gasteiger partial charge in [0.1, 0.15) is 17.3 Å². The van der Waals surface area contributed by atoms with Gasteiger partial charge in [0.25, 0.3) is 0 Å². The molecule has 0 aliphatic rings. The molecule has 166 valence electrons. The van der Waals surface area contributed by atoms with Gasteiger partial charge in [-0.15, -0.1) is 0 Å². The number of carbonyl (C=O) groups is 1. The van der Waals surface area contributed by atoms with Gasteiger partial charge < -0.3 is 4.74 Å². The maximum atomic E-state index is 12.9. The number of carbonyl (C=O) groups excluding carboxylic acids is 1. The number of para-hydroxylation sites is 1. The summed E-state index contributed by atoms with van der Waals surface area (Å²) in [5.74, 6) is 1.64. The van der Waals surface area contributed by atoms with Gasteiger partial charge in [0, 0.05) is 36.4 Å². The van der Waals surface area contributed by atoms with E-state index in [9.17, 15) is 4.79 Å². The first kappa shape index (κ1) is 21.3. The predicted octanol–water partition coefficient (Wildman–Crippen LogP) is 6.29. The highest BCUT2D eigenvalue weighted by molar-refractivity contribution is 5.84. The van der Waals surface area contributed by atoms with E-state index >= 15 is 0 Å². The Labute approximate surface area is 198 Å². The molecule has 0 amide bonds. The number of ketones is 1. The minimum atomic E-state index is 0.146. The average molecular weight is 446 g/mol. The molecule has 0 radical (unpaired) electrons. The molecule has 3 aromatic carbocycles. The van der Waals surface area contributed by atoms with E-state index in [1.54, 1.807) is 12.4 Å². The summed E-state index contributed by atoms with van der Waals surface area (Å²) >= 11 is 0. The zero-order valence-electron chi connectivity index (χ0n) is 18.5. The van der Waals surface area contributed by atoms with Crippen LogP contribution in [0.2, 0.25) is 0 Å². The van der Waals surface area contributed by atoms with Gasteiger partial charge in [0.15, 0.2) is 0 Å². The van der Waals surface area contributed by atoms with Crippen LogP contribution in [0.1, 0.15) is 11.1 Å². The number of rotatable bonds is 8. The highest BCUT2D eigenvalue weighted by Crippen LogP contribution is 2.30. The zero-order valence-corrected chi connectivity index (χ0v) is 18.5. The van der Waals surface area contributed by atoms with Crippen LogP contribution in [0.15, 0.2) is 110 Å². The van der Waals surface area contributed by atoms with Crippen LogP contribution >= 0.6 is 0 Å². The second kappa shape index (κ2) is 9.96. The SMILES string of the molecule is O=C(Cc1cccc(Oc2ccccc2)c1)Cc1cccc(-c2[nH]ncc2-c2ccncc2)c1. The lowest BCUT2D eigenvalue weighted by Crippen LogP contribution is -2.06. The maximum absolute atomic E-state index is 12.9. The maximum Gasteiger partial charge on any atom is 0.141 e. The number of benzene rings is 3. The number of ether oxygens (including phenoxy) is 1. The molecule has 34 heavy (non-hydrogen) atoms. The molecule has 5 heteroatoms. The van der Waals surface area contributed by atoms with E-state index in [0.717, 1.165) is 45.0 Å². The fraction of sp³-hybridized carbons (Fsp3) is 0.0690. The molecule has 0 bridgehead atoms. The van der Waals surface area contributed by atoms with Crippen LogP contribution in [-0.2, 0) is 17.6 Å². The lowest BCUT2D eigenvalue weighted by atomic mass is 9.98. The molecule has 5 aromatic rings. The topological polar surface area (TPSA) is 67.9 Å². The normalized spacial score (nSPS) is 10.7.